The van der Waals surface area contributed by atoms with Crippen molar-refractivity contribution in [1.82, 2.24) is 0 Å². The molecule has 2 atom stereocenters. The van der Waals surface area contributed by atoms with Gasteiger partial charge in [-0.15, -0.1) is 0 Å². The van der Waals surface area contributed by atoms with Gasteiger partial charge in [0.15, 0.2) is 0 Å². The van der Waals surface area contributed by atoms with Crippen LogP contribution in [0.25, 0.3) is 0 Å². The van der Waals surface area contributed by atoms with Crippen LogP contribution >= 0.6 is 0 Å². The number of rotatable bonds is 1. The second-order valence-corrected chi connectivity index (χ2v) is 3.56. The fourth-order valence-corrected chi connectivity index (χ4v) is 2.57. The van der Waals surface area contributed by atoms with Crippen molar-refractivity contribution in [2.45, 2.75) is 32.1 Å². The number of fused-ring (bicyclic) bond motifs is 1. The molecule has 0 aromatic rings. The summed E-state index contributed by atoms with van der Waals surface area (Å²) in [5.41, 5.74) is 0. The van der Waals surface area contributed by atoms with Gasteiger partial charge in [-0.05, 0) is 37.0 Å². The van der Waals surface area contributed by atoms with Crippen molar-refractivity contribution in [2.24, 2.45) is 17.8 Å². The zero-order valence-electron chi connectivity index (χ0n) is 5.97. The van der Waals surface area contributed by atoms with Gasteiger partial charge in [-0.2, -0.15) is 0 Å². The molecule has 0 aromatic carbocycles. The largest absolute Gasteiger partial charge is 0.0530 e. The molecule has 2 fully saturated rings. The van der Waals surface area contributed by atoms with Crippen molar-refractivity contribution in [3.63, 3.8) is 0 Å². The second kappa shape index (κ2) is 2.00. The highest BCUT2D eigenvalue weighted by Gasteiger charge is 2.48. The molecule has 2 aliphatic rings. The Morgan fingerprint density at radius 2 is 1.67 bits per heavy atom. The van der Waals surface area contributed by atoms with Crippen LogP contribution in [0.5, 0.6) is 0 Å². The molecule has 9 heavy (non-hydrogen) atoms. The van der Waals surface area contributed by atoms with Gasteiger partial charge < -0.3 is 0 Å². The van der Waals surface area contributed by atoms with E-state index in [4.69, 9.17) is 0 Å². The van der Waals surface area contributed by atoms with Gasteiger partial charge in [-0.25, -0.2) is 0 Å². The van der Waals surface area contributed by atoms with Crippen molar-refractivity contribution in [2.75, 3.05) is 0 Å². The van der Waals surface area contributed by atoms with Gasteiger partial charge in [0.05, 0.1) is 0 Å². The van der Waals surface area contributed by atoms with Crippen LogP contribution in [0, 0.1) is 24.7 Å². The van der Waals surface area contributed by atoms with Crippen LogP contribution in [0.15, 0.2) is 0 Å². The first-order valence-electron chi connectivity index (χ1n) is 4.22. The summed E-state index contributed by atoms with van der Waals surface area (Å²) >= 11 is 0. The molecule has 0 bridgehead atoms. The van der Waals surface area contributed by atoms with Crippen molar-refractivity contribution in [3.05, 3.63) is 6.92 Å². The quantitative estimate of drug-likeness (QED) is 0.503. The number of hydrogen-bond acceptors (Lipinski definition) is 0. The maximum Gasteiger partial charge on any atom is -0.0352 e. The average Bonchev–Trinajstić information content (AvgIpc) is 2.60. The Bertz CT molecular complexity index is 87.9. The van der Waals surface area contributed by atoms with Gasteiger partial charge in [0.2, 0.25) is 0 Å². The van der Waals surface area contributed by atoms with Gasteiger partial charge in [0, 0.05) is 0 Å². The van der Waals surface area contributed by atoms with Gasteiger partial charge >= 0.3 is 0 Å². The Balaban J connectivity index is 1.91. The summed E-state index contributed by atoms with van der Waals surface area (Å²) in [6.07, 6.45) is 7.24. The highest BCUT2D eigenvalue weighted by atomic mass is 14.5. The van der Waals surface area contributed by atoms with E-state index in [-0.39, 0.29) is 0 Å². The predicted octanol–water partition coefficient (Wildman–Crippen LogP) is 2.65. The molecule has 0 aromatic heterocycles. The third-order valence-electron chi connectivity index (χ3n) is 3.17. The molecule has 0 N–H and O–H groups in total. The Labute approximate surface area is 57.6 Å². The van der Waals surface area contributed by atoms with E-state index in [1.165, 1.54) is 32.1 Å². The summed E-state index contributed by atoms with van der Waals surface area (Å²) in [5.74, 6) is 3.29. The molecule has 0 aliphatic heterocycles. The lowest BCUT2D eigenvalue weighted by molar-refractivity contribution is 0.480. The van der Waals surface area contributed by atoms with E-state index < -0.39 is 0 Å². The van der Waals surface area contributed by atoms with Crippen LogP contribution in [0.1, 0.15) is 32.1 Å². The molecular weight excluding hydrogens is 108 g/mol. The van der Waals surface area contributed by atoms with Crippen LogP contribution in [0.3, 0.4) is 0 Å². The molecular formula is C9H15. The van der Waals surface area contributed by atoms with Crippen molar-refractivity contribution in [1.29, 1.82) is 0 Å². The first-order valence-corrected chi connectivity index (χ1v) is 4.22. The molecule has 0 heterocycles. The van der Waals surface area contributed by atoms with Crippen LogP contribution in [0.4, 0.5) is 0 Å². The van der Waals surface area contributed by atoms with Crippen LogP contribution in [0.2, 0.25) is 0 Å². The topological polar surface area (TPSA) is 0 Å². The Hall–Kier alpha value is 0. The SMILES string of the molecule is [CH2]CC1C2CCCCC12. The van der Waals surface area contributed by atoms with Crippen LogP contribution < -0.4 is 0 Å². The minimum atomic E-state index is 1.05. The molecule has 0 heteroatoms. The molecule has 0 spiro atoms. The summed E-state index contributed by atoms with van der Waals surface area (Å²) in [7, 11) is 0. The van der Waals surface area contributed by atoms with Crippen LogP contribution in [-0.2, 0) is 0 Å². The predicted molar refractivity (Wildman–Crippen MR) is 38.9 cm³/mol. The van der Waals surface area contributed by atoms with Crippen LogP contribution in [-0.4, -0.2) is 0 Å². The highest BCUT2D eigenvalue weighted by Crippen LogP contribution is 2.56. The van der Waals surface area contributed by atoms with Crippen molar-refractivity contribution < 1.29 is 0 Å². The number of hydrogen-bond donors (Lipinski definition) is 0. The van der Waals surface area contributed by atoms with E-state index in [1.807, 2.05) is 0 Å². The summed E-state index contributed by atoms with van der Waals surface area (Å²) in [4.78, 5) is 0. The van der Waals surface area contributed by atoms with E-state index in [0.29, 0.717) is 0 Å². The summed E-state index contributed by atoms with van der Waals surface area (Å²) in [6, 6.07) is 0. The molecule has 2 unspecified atom stereocenters. The van der Waals surface area contributed by atoms with E-state index in [9.17, 15) is 0 Å². The fourth-order valence-electron chi connectivity index (χ4n) is 2.57. The summed E-state index contributed by atoms with van der Waals surface area (Å²) in [5, 5.41) is 0. The highest BCUT2D eigenvalue weighted by molar-refractivity contribution is 4.98. The zero-order valence-corrected chi connectivity index (χ0v) is 5.97. The molecule has 2 rings (SSSR count). The van der Waals surface area contributed by atoms with E-state index in [0.717, 1.165) is 17.8 Å². The molecule has 2 saturated carbocycles. The first-order chi connectivity index (χ1) is 4.43. The standard InChI is InChI=1S/C9H15/c1-2-7-8-5-3-4-6-9(7)8/h7-9H,1-6H2. The third kappa shape index (κ3) is 0.798. The lowest BCUT2D eigenvalue weighted by Gasteiger charge is -2.05. The average molecular weight is 123 g/mol. The fraction of sp³-hybridized carbons (Fsp3) is 0.889. The summed E-state index contributed by atoms with van der Waals surface area (Å²) < 4.78 is 0. The molecule has 0 saturated heterocycles. The molecule has 51 valence electrons. The molecule has 0 nitrogen and oxygen atoms in total. The minimum Gasteiger partial charge on any atom is -0.0530 e. The summed E-state index contributed by atoms with van der Waals surface area (Å²) in [6.45, 7) is 3.97. The van der Waals surface area contributed by atoms with E-state index in [1.54, 1.807) is 0 Å². The smallest absolute Gasteiger partial charge is 0.0352 e. The maximum atomic E-state index is 3.97. The van der Waals surface area contributed by atoms with E-state index in [2.05, 4.69) is 6.92 Å². The lowest BCUT2D eigenvalue weighted by atomic mass is 10.0. The Morgan fingerprint density at radius 3 is 2.11 bits per heavy atom. The Morgan fingerprint density at radius 1 is 1.11 bits per heavy atom. The molecule has 2 aliphatic carbocycles. The first kappa shape index (κ1) is 5.76. The van der Waals surface area contributed by atoms with Crippen molar-refractivity contribution in [3.8, 4) is 0 Å². The zero-order chi connectivity index (χ0) is 6.27. The van der Waals surface area contributed by atoms with Gasteiger partial charge in [-0.3, -0.25) is 0 Å². The van der Waals surface area contributed by atoms with Crippen molar-refractivity contribution >= 4 is 0 Å². The van der Waals surface area contributed by atoms with Gasteiger partial charge in [0.25, 0.3) is 0 Å². The minimum absolute atomic E-state index is 1.05. The maximum absolute atomic E-state index is 3.97. The van der Waals surface area contributed by atoms with Gasteiger partial charge in [0.1, 0.15) is 0 Å². The Kier molecular flexibility index (Phi) is 1.28. The molecule has 0 amide bonds. The second-order valence-electron chi connectivity index (χ2n) is 3.56. The van der Waals surface area contributed by atoms with E-state index >= 15 is 0 Å². The monoisotopic (exact) mass is 123 g/mol. The van der Waals surface area contributed by atoms with Gasteiger partial charge in [-0.1, -0.05) is 19.8 Å². The normalized spacial score (nSPS) is 48.3. The third-order valence-corrected chi connectivity index (χ3v) is 3.17. The molecule has 1 radical (unpaired) electrons. The lowest BCUT2D eigenvalue weighted by Crippen LogP contribution is -1.91.